The van der Waals surface area contributed by atoms with Crippen molar-refractivity contribution in [3.05, 3.63) is 0 Å². The average molecular weight is 872 g/mol. The van der Waals surface area contributed by atoms with Crippen molar-refractivity contribution in [3.8, 4) is 0 Å². The Morgan fingerprint density at radius 1 is 0.129 bits per heavy atom. The van der Waals surface area contributed by atoms with E-state index in [0.717, 1.165) is 5.92 Å². The molecule has 0 saturated heterocycles. The van der Waals surface area contributed by atoms with Crippen LogP contribution in [-0.4, -0.2) is 0 Å². The Morgan fingerprint density at radius 2 is 0.226 bits per heavy atom. The van der Waals surface area contributed by atoms with Crippen LogP contribution < -0.4 is 0 Å². The first-order chi connectivity index (χ1) is 30.8. The molecule has 62 heavy (non-hydrogen) atoms. The van der Waals surface area contributed by atoms with E-state index in [0.29, 0.717) is 0 Å². The summed E-state index contributed by atoms with van der Waals surface area (Å²) in [5, 5.41) is 0. The lowest BCUT2D eigenvalue weighted by Crippen LogP contribution is -2.01. The molecule has 0 aromatic heterocycles. The van der Waals surface area contributed by atoms with Crippen molar-refractivity contribution in [2.45, 2.75) is 393 Å². The number of rotatable bonds is 58. The van der Waals surface area contributed by atoms with Gasteiger partial charge in [-0.2, -0.15) is 0 Å². The van der Waals surface area contributed by atoms with E-state index in [-0.39, 0.29) is 0 Å². The second kappa shape index (κ2) is 59.0. The van der Waals surface area contributed by atoms with Gasteiger partial charge in [0.05, 0.1) is 0 Å². The van der Waals surface area contributed by atoms with Gasteiger partial charge in [-0.05, 0) is 5.92 Å². The van der Waals surface area contributed by atoms with Gasteiger partial charge in [-0.3, -0.25) is 0 Å². The highest BCUT2D eigenvalue weighted by molar-refractivity contribution is 4.62. The van der Waals surface area contributed by atoms with E-state index >= 15 is 0 Å². The molecule has 0 aliphatic heterocycles. The fraction of sp³-hybridized carbons (Fsp3) is 1.00. The second-order valence-electron chi connectivity index (χ2n) is 21.6. The summed E-state index contributed by atoms with van der Waals surface area (Å²) in [4.78, 5) is 0. The summed E-state index contributed by atoms with van der Waals surface area (Å²) in [5.41, 5.74) is 0. The lowest BCUT2D eigenvalue weighted by molar-refractivity contribution is 0.367. The monoisotopic (exact) mass is 871 g/mol. The highest BCUT2D eigenvalue weighted by Gasteiger charge is 2.09. The van der Waals surface area contributed by atoms with E-state index in [1.807, 2.05) is 0 Å². The average Bonchev–Trinajstić information content (AvgIpc) is 3.28. The minimum Gasteiger partial charge on any atom is -0.0654 e. The zero-order chi connectivity index (χ0) is 44.6. The first-order valence-corrected chi connectivity index (χ1v) is 30.8. The van der Waals surface area contributed by atoms with E-state index in [4.69, 9.17) is 0 Å². The minimum absolute atomic E-state index is 1.03. The van der Waals surface area contributed by atoms with Crippen LogP contribution in [0, 0.1) is 5.92 Å². The van der Waals surface area contributed by atoms with Gasteiger partial charge in [0.25, 0.3) is 0 Å². The third kappa shape index (κ3) is 56.1. The molecule has 0 bridgehead atoms. The van der Waals surface area contributed by atoms with Gasteiger partial charge in [-0.25, -0.2) is 0 Å². The molecule has 0 nitrogen and oxygen atoms in total. The largest absolute Gasteiger partial charge is 0.0654 e. The summed E-state index contributed by atoms with van der Waals surface area (Å²) in [7, 11) is 0. The zero-order valence-corrected chi connectivity index (χ0v) is 44.6. The second-order valence-corrected chi connectivity index (χ2v) is 21.6. The molecule has 0 aromatic carbocycles. The van der Waals surface area contributed by atoms with Crippen molar-refractivity contribution in [2.75, 3.05) is 0 Å². The molecule has 0 atom stereocenters. The molecule has 0 unspecified atom stereocenters. The SMILES string of the molecule is CCCCCCCCCCCCCCCCCCCCCCCCCCCCC(CCCCC)CCCCCCCCCCCCCCCCCCCCCCCCCCCC. The predicted octanol–water partition coefficient (Wildman–Crippen LogP) is 24.3. The maximum absolute atomic E-state index is 2.37. The van der Waals surface area contributed by atoms with Gasteiger partial charge in [-0.15, -0.1) is 0 Å². The van der Waals surface area contributed by atoms with Gasteiger partial charge in [0.15, 0.2) is 0 Å². The predicted molar refractivity (Wildman–Crippen MR) is 288 cm³/mol. The van der Waals surface area contributed by atoms with Crippen molar-refractivity contribution < 1.29 is 0 Å². The smallest absolute Gasteiger partial charge is 0.0414 e. The first kappa shape index (κ1) is 62.0. The number of hydrogen-bond donors (Lipinski definition) is 0. The molecule has 0 heterocycles. The minimum atomic E-state index is 1.03. The maximum atomic E-state index is 2.37. The van der Waals surface area contributed by atoms with Crippen LogP contribution in [0.1, 0.15) is 393 Å². The fourth-order valence-corrected chi connectivity index (χ4v) is 10.6. The molecule has 0 amide bonds. The summed E-state index contributed by atoms with van der Waals surface area (Å²) < 4.78 is 0. The summed E-state index contributed by atoms with van der Waals surface area (Å²) in [6.07, 6.45) is 86.3. The highest BCUT2D eigenvalue weighted by Crippen LogP contribution is 2.25. The molecule has 0 fully saturated rings. The Balaban J connectivity index is 3.43. The van der Waals surface area contributed by atoms with Crippen molar-refractivity contribution >= 4 is 0 Å². The molecule has 0 heteroatoms. The van der Waals surface area contributed by atoms with Crippen LogP contribution in [0.15, 0.2) is 0 Å². The highest BCUT2D eigenvalue weighted by atomic mass is 14.1. The van der Waals surface area contributed by atoms with Gasteiger partial charge in [0.2, 0.25) is 0 Å². The lowest BCUT2D eigenvalue weighted by Gasteiger charge is -2.17. The molecule has 0 rings (SSSR count). The molecule has 0 saturated carbocycles. The molecular formula is C62H126. The molecule has 374 valence electrons. The van der Waals surface area contributed by atoms with Gasteiger partial charge in [0, 0.05) is 0 Å². The van der Waals surface area contributed by atoms with Crippen molar-refractivity contribution in [2.24, 2.45) is 5.92 Å². The quantitative estimate of drug-likeness (QED) is 0.0534. The van der Waals surface area contributed by atoms with Gasteiger partial charge in [0.1, 0.15) is 0 Å². The molecule has 0 N–H and O–H groups in total. The van der Waals surface area contributed by atoms with E-state index in [1.165, 1.54) is 372 Å². The fourth-order valence-electron chi connectivity index (χ4n) is 10.6. The molecule has 0 spiro atoms. The Morgan fingerprint density at radius 3 is 0.371 bits per heavy atom. The van der Waals surface area contributed by atoms with Crippen LogP contribution in [0.2, 0.25) is 0 Å². The molecular weight excluding hydrogens is 745 g/mol. The maximum Gasteiger partial charge on any atom is -0.0414 e. The molecule has 0 aliphatic carbocycles. The standard InChI is InChI=1S/C62H126/c1-4-7-10-12-14-16-18-20-22-24-26-28-30-32-34-36-38-40-42-44-46-48-50-52-54-57-60-62(59-56-9-6-3)61-58-55-53-51-49-47-45-43-41-39-37-35-33-31-29-27-25-23-21-19-17-15-13-11-8-5-2/h62H,4-61H2,1-3H3. The molecule has 0 aromatic rings. The zero-order valence-electron chi connectivity index (χ0n) is 44.6. The van der Waals surface area contributed by atoms with Gasteiger partial charge < -0.3 is 0 Å². The van der Waals surface area contributed by atoms with Crippen LogP contribution in [-0.2, 0) is 0 Å². The summed E-state index contributed by atoms with van der Waals surface area (Å²) in [5.74, 6) is 1.03. The normalized spacial score (nSPS) is 11.8. The summed E-state index contributed by atoms with van der Waals surface area (Å²) in [6, 6.07) is 0. The van der Waals surface area contributed by atoms with E-state index in [2.05, 4.69) is 20.8 Å². The third-order valence-electron chi connectivity index (χ3n) is 15.1. The Hall–Kier alpha value is 0. The van der Waals surface area contributed by atoms with E-state index in [1.54, 1.807) is 0 Å². The lowest BCUT2D eigenvalue weighted by atomic mass is 9.89. The Labute approximate surface area is 397 Å². The topological polar surface area (TPSA) is 0 Å². The van der Waals surface area contributed by atoms with Crippen LogP contribution in [0.5, 0.6) is 0 Å². The van der Waals surface area contributed by atoms with Crippen LogP contribution >= 0.6 is 0 Å². The summed E-state index contributed by atoms with van der Waals surface area (Å²) in [6.45, 7) is 7.01. The van der Waals surface area contributed by atoms with Crippen LogP contribution in [0.3, 0.4) is 0 Å². The third-order valence-corrected chi connectivity index (χ3v) is 15.1. The number of hydrogen-bond acceptors (Lipinski definition) is 0. The summed E-state index contributed by atoms with van der Waals surface area (Å²) >= 11 is 0. The van der Waals surface area contributed by atoms with Crippen molar-refractivity contribution in [1.82, 2.24) is 0 Å². The molecule has 0 aliphatic rings. The van der Waals surface area contributed by atoms with Crippen molar-refractivity contribution in [3.63, 3.8) is 0 Å². The van der Waals surface area contributed by atoms with E-state index < -0.39 is 0 Å². The van der Waals surface area contributed by atoms with Crippen LogP contribution in [0.4, 0.5) is 0 Å². The Bertz CT molecular complexity index is 668. The van der Waals surface area contributed by atoms with Crippen LogP contribution in [0.25, 0.3) is 0 Å². The van der Waals surface area contributed by atoms with Gasteiger partial charge >= 0.3 is 0 Å². The van der Waals surface area contributed by atoms with E-state index in [9.17, 15) is 0 Å². The Kier molecular flexibility index (Phi) is 59.0. The first-order valence-electron chi connectivity index (χ1n) is 30.8. The van der Waals surface area contributed by atoms with Crippen molar-refractivity contribution in [1.29, 1.82) is 0 Å². The number of unbranched alkanes of at least 4 members (excludes halogenated alkanes) is 52. The van der Waals surface area contributed by atoms with Gasteiger partial charge in [-0.1, -0.05) is 393 Å². The molecule has 0 radical (unpaired) electrons.